The van der Waals surface area contributed by atoms with Gasteiger partial charge in [0.2, 0.25) is 0 Å². The first-order valence-corrected chi connectivity index (χ1v) is 9.42. The second-order valence-electron chi connectivity index (χ2n) is 5.92. The highest BCUT2D eigenvalue weighted by molar-refractivity contribution is 7.10. The Kier molecular flexibility index (Phi) is 6.19. The van der Waals surface area contributed by atoms with Crippen molar-refractivity contribution in [1.29, 1.82) is 0 Å². The van der Waals surface area contributed by atoms with Gasteiger partial charge in [-0.15, -0.1) is 11.3 Å². The molecule has 1 amide bonds. The van der Waals surface area contributed by atoms with Gasteiger partial charge in [0.1, 0.15) is 5.75 Å². The fourth-order valence-corrected chi connectivity index (χ4v) is 3.52. The van der Waals surface area contributed by atoms with Crippen LogP contribution < -0.4 is 10.1 Å². The number of halogens is 2. The third-order valence-corrected chi connectivity index (χ3v) is 5.10. The van der Waals surface area contributed by atoms with Crippen LogP contribution in [0.3, 0.4) is 0 Å². The molecule has 2 aromatic carbocycles. The third kappa shape index (κ3) is 4.92. The van der Waals surface area contributed by atoms with Gasteiger partial charge < -0.3 is 10.1 Å². The molecule has 0 saturated heterocycles. The van der Waals surface area contributed by atoms with Gasteiger partial charge in [-0.25, -0.2) is 0 Å². The van der Waals surface area contributed by atoms with Gasteiger partial charge in [0.15, 0.2) is 0 Å². The topological polar surface area (TPSA) is 38.3 Å². The molecule has 1 heterocycles. The Morgan fingerprint density at radius 1 is 1.07 bits per heavy atom. The fourth-order valence-electron chi connectivity index (χ4n) is 2.72. The lowest BCUT2D eigenvalue weighted by atomic mass is 10.0. The van der Waals surface area contributed by atoms with Crippen LogP contribution in [0.25, 0.3) is 0 Å². The van der Waals surface area contributed by atoms with E-state index in [-0.39, 0.29) is 17.7 Å². The van der Waals surface area contributed by atoms with Gasteiger partial charge in [0, 0.05) is 10.4 Å². The maximum absolute atomic E-state index is 12.7. The first-order chi connectivity index (χ1) is 13.1. The largest absolute Gasteiger partial charge is 0.435 e. The van der Waals surface area contributed by atoms with Crippen molar-refractivity contribution in [2.75, 3.05) is 0 Å². The molecule has 3 nitrogen and oxygen atoms in total. The zero-order chi connectivity index (χ0) is 19.2. The van der Waals surface area contributed by atoms with Crippen LogP contribution >= 0.6 is 11.3 Å². The number of carbonyl (C=O) groups excluding carboxylic acids is 1. The monoisotopic (exact) mass is 387 g/mol. The molecule has 0 aliphatic rings. The fraction of sp³-hybridized carbons (Fsp3) is 0.190. The molecule has 0 fully saturated rings. The molecule has 27 heavy (non-hydrogen) atoms. The smallest absolute Gasteiger partial charge is 0.387 e. The molecule has 140 valence electrons. The Morgan fingerprint density at radius 2 is 1.78 bits per heavy atom. The van der Waals surface area contributed by atoms with Crippen LogP contribution in [0.2, 0.25) is 0 Å². The Labute approximate surface area is 160 Å². The van der Waals surface area contributed by atoms with E-state index in [4.69, 9.17) is 0 Å². The van der Waals surface area contributed by atoms with Gasteiger partial charge in [0.25, 0.3) is 5.91 Å². The van der Waals surface area contributed by atoms with Crippen LogP contribution in [0.4, 0.5) is 8.78 Å². The van der Waals surface area contributed by atoms with Crippen molar-refractivity contribution in [3.63, 3.8) is 0 Å². The molecule has 0 saturated carbocycles. The summed E-state index contributed by atoms with van der Waals surface area (Å²) < 4.78 is 28.8. The van der Waals surface area contributed by atoms with Crippen molar-refractivity contribution in [2.45, 2.75) is 26.0 Å². The Hall–Kier alpha value is -2.73. The molecule has 3 aromatic rings. The summed E-state index contributed by atoms with van der Waals surface area (Å²) in [5.74, 6) is -0.261. The third-order valence-electron chi connectivity index (χ3n) is 4.17. The molecule has 0 radical (unpaired) electrons. The average Bonchev–Trinajstić information content (AvgIpc) is 3.20. The molecule has 0 unspecified atom stereocenters. The summed E-state index contributed by atoms with van der Waals surface area (Å²) in [5.41, 5.74) is 2.59. The van der Waals surface area contributed by atoms with Gasteiger partial charge in [-0.2, -0.15) is 8.78 Å². The van der Waals surface area contributed by atoms with E-state index in [0.29, 0.717) is 5.56 Å². The van der Waals surface area contributed by atoms with Crippen LogP contribution in [0.1, 0.15) is 39.3 Å². The number of hydrogen-bond acceptors (Lipinski definition) is 3. The van der Waals surface area contributed by atoms with E-state index in [0.717, 1.165) is 16.9 Å². The molecule has 0 bridgehead atoms. The predicted molar refractivity (Wildman–Crippen MR) is 103 cm³/mol. The Morgan fingerprint density at radius 3 is 2.33 bits per heavy atom. The number of nitrogens with one attached hydrogen (secondary N) is 1. The van der Waals surface area contributed by atoms with Crippen LogP contribution in [-0.2, 0) is 6.42 Å². The molecule has 1 aromatic heterocycles. The minimum Gasteiger partial charge on any atom is -0.435 e. The maximum atomic E-state index is 12.7. The number of alkyl halides is 2. The summed E-state index contributed by atoms with van der Waals surface area (Å²) in [6.07, 6.45) is 0.948. The first kappa shape index (κ1) is 19.0. The van der Waals surface area contributed by atoms with Crippen LogP contribution in [0.5, 0.6) is 5.75 Å². The highest BCUT2D eigenvalue weighted by Crippen LogP contribution is 2.27. The Balaban J connectivity index is 1.80. The SMILES string of the molecule is CCc1ccc([C@@H](NC(=O)c2ccc(OC(F)F)cc2)c2cccs2)cc1. The van der Waals surface area contributed by atoms with E-state index in [1.165, 1.54) is 29.8 Å². The second kappa shape index (κ2) is 8.77. The highest BCUT2D eigenvalue weighted by Gasteiger charge is 2.19. The van der Waals surface area contributed by atoms with Gasteiger partial charge in [-0.1, -0.05) is 37.3 Å². The molecule has 1 atom stereocenters. The minimum absolute atomic E-state index is 0.0199. The maximum Gasteiger partial charge on any atom is 0.387 e. The minimum atomic E-state index is -2.89. The molecule has 1 N–H and O–H groups in total. The van der Waals surface area contributed by atoms with Crippen molar-refractivity contribution in [1.82, 2.24) is 5.32 Å². The van der Waals surface area contributed by atoms with Crippen LogP contribution in [-0.4, -0.2) is 12.5 Å². The summed E-state index contributed by atoms with van der Waals surface area (Å²) >= 11 is 1.56. The van der Waals surface area contributed by atoms with Crippen LogP contribution in [0, 0.1) is 0 Å². The van der Waals surface area contributed by atoms with E-state index in [1.807, 2.05) is 29.6 Å². The lowest BCUT2D eigenvalue weighted by molar-refractivity contribution is -0.0498. The molecule has 0 aliphatic carbocycles. The van der Waals surface area contributed by atoms with Gasteiger partial charge in [0.05, 0.1) is 6.04 Å². The predicted octanol–water partition coefficient (Wildman–Crippen LogP) is 5.43. The average molecular weight is 387 g/mol. The molecule has 6 heteroatoms. The van der Waals surface area contributed by atoms with Crippen molar-refractivity contribution in [3.05, 3.63) is 87.6 Å². The summed E-state index contributed by atoms with van der Waals surface area (Å²) in [6.45, 7) is -0.798. The number of amides is 1. The summed E-state index contributed by atoms with van der Waals surface area (Å²) in [6, 6.07) is 17.4. The van der Waals surface area contributed by atoms with Crippen molar-refractivity contribution in [3.8, 4) is 5.75 Å². The quantitative estimate of drug-likeness (QED) is 0.587. The number of benzene rings is 2. The van der Waals surface area contributed by atoms with E-state index in [1.54, 1.807) is 11.3 Å². The number of thiophene rings is 1. The van der Waals surface area contributed by atoms with Gasteiger partial charge in [-0.05, 0) is 53.3 Å². The van der Waals surface area contributed by atoms with Gasteiger partial charge >= 0.3 is 6.61 Å². The normalized spacial score (nSPS) is 12.0. The van der Waals surface area contributed by atoms with Crippen LogP contribution in [0.15, 0.2) is 66.0 Å². The second-order valence-corrected chi connectivity index (χ2v) is 6.90. The summed E-state index contributed by atoms with van der Waals surface area (Å²) in [4.78, 5) is 13.7. The molecule has 0 aliphatic heterocycles. The van der Waals surface area contributed by atoms with E-state index in [2.05, 4.69) is 29.1 Å². The van der Waals surface area contributed by atoms with Gasteiger partial charge in [-0.3, -0.25) is 4.79 Å². The van der Waals surface area contributed by atoms with Crippen molar-refractivity contribution < 1.29 is 18.3 Å². The lowest BCUT2D eigenvalue weighted by Crippen LogP contribution is -2.28. The van der Waals surface area contributed by atoms with Crippen molar-refractivity contribution >= 4 is 17.2 Å². The number of aryl methyl sites for hydroxylation is 1. The summed E-state index contributed by atoms with van der Waals surface area (Å²) in [7, 11) is 0. The lowest BCUT2D eigenvalue weighted by Gasteiger charge is -2.19. The highest BCUT2D eigenvalue weighted by atomic mass is 32.1. The zero-order valence-corrected chi connectivity index (χ0v) is 15.5. The number of hydrogen-bond donors (Lipinski definition) is 1. The number of rotatable bonds is 7. The Bertz CT molecular complexity index is 862. The van der Waals surface area contributed by atoms with E-state index >= 15 is 0 Å². The zero-order valence-electron chi connectivity index (χ0n) is 14.7. The van der Waals surface area contributed by atoms with E-state index in [9.17, 15) is 13.6 Å². The molecule has 0 spiro atoms. The van der Waals surface area contributed by atoms with E-state index < -0.39 is 6.61 Å². The first-order valence-electron chi connectivity index (χ1n) is 8.54. The summed E-state index contributed by atoms with van der Waals surface area (Å²) in [5, 5.41) is 5.00. The molecular weight excluding hydrogens is 368 g/mol. The van der Waals surface area contributed by atoms with Crippen molar-refractivity contribution in [2.24, 2.45) is 0 Å². The molecular formula is C21H19F2NO2S. The number of ether oxygens (including phenoxy) is 1. The standard InChI is InChI=1S/C21H19F2NO2S/c1-2-14-5-7-15(8-6-14)19(18-4-3-13-27-18)24-20(25)16-9-11-17(12-10-16)26-21(22)23/h3-13,19,21H,2H2,1H3,(H,24,25)/t19-/m1/s1. The number of carbonyl (C=O) groups is 1. The molecule has 3 rings (SSSR count).